The number of rotatable bonds is 6. The van der Waals surface area contributed by atoms with E-state index in [0.717, 1.165) is 12.8 Å². The molecule has 0 unspecified atom stereocenters. The van der Waals surface area contributed by atoms with Crippen LogP contribution in [0.25, 0.3) is 0 Å². The van der Waals surface area contributed by atoms with Crippen molar-refractivity contribution in [1.82, 2.24) is 5.32 Å². The number of nitrogens with zero attached hydrogens (tertiary/aromatic N) is 1. The Bertz CT molecular complexity index is 564. The van der Waals surface area contributed by atoms with Crippen molar-refractivity contribution in [3.05, 3.63) is 29.8 Å². The standard InChI is InChI=1S/C16H20N2O4/c1-3-22-16(21)12-4-8-14(9-5-12)18(11(2)19)10-15(20)17-13-6-7-13/h4-5,8-9,13H,3,6-7,10H2,1-2H3,(H,17,20). The molecule has 118 valence electrons. The lowest BCUT2D eigenvalue weighted by atomic mass is 10.2. The van der Waals surface area contributed by atoms with Gasteiger partial charge in [-0.2, -0.15) is 0 Å². The van der Waals surface area contributed by atoms with Crippen LogP contribution in [-0.2, 0) is 14.3 Å². The minimum atomic E-state index is -0.407. The Morgan fingerprint density at radius 1 is 1.23 bits per heavy atom. The van der Waals surface area contributed by atoms with E-state index in [-0.39, 0.29) is 24.4 Å². The van der Waals surface area contributed by atoms with Gasteiger partial charge in [-0.3, -0.25) is 9.59 Å². The van der Waals surface area contributed by atoms with Crippen LogP contribution in [0.15, 0.2) is 24.3 Å². The summed E-state index contributed by atoms with van der Waals surface area (Å²) in [6, 6.07) is 6.70. The summed E-state index contributed by atoms with van der Waals surface area (Å²) in [7, 11) is 0. The number of carbonyl (C=O) groups is 3. The number of hydrogen-bond donors (Lipinski definition) is 1. The molecule has 1 aliphatic rings. The molecule has 0 bridgehead atoms. The molecular weight excluding hydrogens is 284 g/mol. The molecule has 0 aliphatic heterocycles. The Kier molecular flexibility index (Phi) is 5.14. The number of carbonyl (C=O) groups excluding carboxylic acids is 3. The van der Waals surface area contributed by atoms with E-state index in [9.17, 15) is 14.4 Å². The van der Waals surface area contributed by atoms with Crippen LogP contribution in [0.3, 0.4) is 0 Å². The summed E-state index contributed by atoms with van der Waals surface area (Å²) >= 11 is 0. The highest BCUT2D eigenvalue weighted by molar-refractivity contribution is 5.98. The second kappa shape index (κ2) is 7.06. The zero-order valence-electron chi connectivity index (χ0n) is 12.8. The number of nitrogens with one attached hydrogen (secondary N) is 1. The molecule has 2 amide bonds. The smallest absolute Gasteiger partial charge is 0.338 e. The van der Waals surface area contributed by atoms with Gasteiger partial charge in [-0.15, -0.1) is 0 Å². The van der Waals surface area contributed by atoms with E-state index in [1.54, 1.807) is 31.2 Å². The fourth-order valence-corrected chi connectivity index (χ4v) is 2.02. The Hall–Kier alpha value is -2.37. The molecule has 1 fully saturated rings. The molecule has 6 nitrogen and oxygen atoms in total. The average Bonchev–Trinajstić information content (AvgIpc) is 3.29. The molecule has 1 N–H and O–H groups in total. The van der Waals surface area contributed by atoms with Crippen LogP contribution >= 0.6 is 0 Å². The van der Waals surface area contributed by atoms with E-state index >= 15 is 0 Å². The summed E-state index contributed by atoms with van der Waals surface area (Å²) in [4.78, 5) is 36.6. The number of hydrogen-bond acceptors (Lipinski definition) is 4. The van der Waals surface area contributed by atoms with E-state index in [4.69, 9.17) is 4.74 Å². The predicted molar refractivity (Wildman–Crippen MR) is 81.6 cm³/mol. The third kappa shape index (κ3) is 4.31. The number of anilines is 1. The van der Waals surface area contributed by atoms with Crippen molar-refractivity contribution in [1.29, 1.82) is 0 Å². The van der Waals surface area contributed by atoms with E-state index in [2.05, 4.69) is 5.32 Å². The van der Waals surface area contributed by atoms with Gasteiger partial charge in [-0.25, -0.2) is 4.79 Å². The fourth-order valence-electron chi connectivity index (χ4n) is 2.02. The van der Waals surface area contributed by atoms with Gasteiger partial charge in [0, 0.05) is 18.7 Å². The van der Waals surface area contributed by atoms with Crippen molar-refractivity contribution in [3.8, 4) is 0 Å². The van der Waals surface area contributed by atoms with Crippen LogP contribution in [0.2, 0.25) is 0 Å². The highest BCUT2D eigenvalue weighted by atomic mass is 16.5. The lowest BCUT2D eigenvalue weighted by molar-refractivity contribution is -0.123. The van der Waals surface area contributed by atoms with Gasteiger partial charge in [0.05, 0.1) is 12.2 Å². The van der Waals surface area contributed by atoms with Crippen LogP contribution in [0.5, 0.6) is 0 Å². The largest absolute Gasteiger partial charge is 0.462 e. The lowest BCUT2D eigenvalue weighted by Crippen LogP contribution is -2.40. The van der Waals surface area contributed by atoms with Crippen molar-refractivity contribution >= 4 is 23.5 Å². The predicted octanol–water partition coefficient (Wildman–Crippen LogP) is 1.49. The highest BCUT2D eigenvalue weighted by Crippen LogP contribution is 2.19. The van der Waals surface area contributed by atoms with Gasteiger partial charge in [0.15, 0.2) is 0 Å². The first kappa shape index (κ1) is 16.0. The van der Waals surface area contributed by atoms with E-state index in [0.29, 0.717) is 17.9 Å². The normalized spacial score (nSPS) is 13.4. The molecule has 0 radical (unpaired) electrons. The number of ether oxygens (including phenoxy) is 1. The Labute approximate surface area is 129 Å². The molecule has 1 saturated carbocycles. The molecule has 1 aromatic carbocycles. The molecule has 0 heterocycles. The molecule has 1 aromatic rings. The first-order chi connectivity index (χ1) is 10.5. The first-order valence-corrected chi connectivity index (χ1v) is 7.36. The summed E-state index contributed by atoms with van der Waals surface area (Å²) in [6.45, 7) is 3.43. The van der Waals surface area contributed by atoms with Crippen LogP contribution in [0, 0.1) is 0 Å². The molecule has 2 rings (SSSR count). The lowest BCUT2D eigenvalue weighted by Gasteiger charge is -2.20. The van der Waals surface area contributed by atoms with Crippen molar-refractivity contribution in [2.24, 2.45) is 0 Å². The second-order valence-corrected chi connectivity index (χ2v) is 5.21. The van der Waals surface area contributed by atoms with Crippen molar-refractivity contribution in [2.75, 3.05) is 18.1 Å². The molecule has 6 heteroatoms. The van der Waals surface area contributed by atoms with Gasteiger partial charge in [0.2, 0.25) is 11.8 Å². The van der Waals surface area contributed by atoms with Gasteiger partial charge in [-0.05, 0) is 44.0 Å². The van der Waals surface area contributed by atoms with Crippen molar-refractivity contribution in [3.63, 3.8) is 0 Å². The minimum Gasteiger partial charge on any atom is -0.462 e. The third-order valence-electron chi connectivity index (χ3n) is 3.31. The number of benzene rings is 1. The first-order valence-electron chi connectivity index (χ1n) is 7.36. The number of amides is 2. The molecule has 0 atom stereocenters. The average molecular weight is 304 g/mol. The molecule has 22 heavy (non-hydrogen) atoms. The van der Waals surface area contributed by atoms with Crippen LogP contribution in [0.1, 0.15) is 37.0 Å². The SMILES string of the molecule is CCOC(=O)c1ccc(N(CC(=O)NC2CC2)C(C)=O)cc1. The van der Waals surface area contributed by atoms with E-state index in [1.165, 1.54) is 11.8 Å². The summed E-state index contributed by atoms with van der Waals surface area (Å²) in [5.74, 6) is -0.808. The monoisotopic (exact) mass is 304 g/mol. The quantitative estimate of drug-likeness (QED) is 0.808. The van der Waals surface area contributed by atoms with Crippen LogP contribution in [-0.4, -0.2) is 37.0 Å². The Morgan fingerprint density at radius 3 is 2.36 bits per heavy atom. The molecule has 0 saturated heterocycles. The topological polar surface area (TPSA) is 75.7 Å². The Morgan fingerprint density at radius 2 is 1.86 bits per heavy atom. The summed E-state index contributed by atoms with van der Waals surface area (Å²) < 4.78 is 4.91. The number of esters is 1. The molecule has 0 aromatic heterocycles. The maximum atomic E-state index is 11.9. The van der Waals surface area contributed by atoms with Gasteiger partial charge in [-0.1, -0.05) is 0 Å². The summed E-state index contributed by atoms with van der Waals surface area (Å²) in [5, 5.41) is 2.85. The van der Waals surface area contributed by atoms with Crippen LogP contribution in [0.4, 0.5) is 5.69 Å². The molecular formula is C16H20N2O4. The second-order valence-electron chi connectivity index (χ2n) is 5.21. The molecule has 0 spiro atoms. The van der Waals surface area contributed by atoms with E-state index in [1.807, 2.05) is 0 Å². The van der Waals surface area contributed by atoms with Gasteiger partial charge >= 0.3 is 5.97 Å². The van der Waals surface area contributed by atoms with Gasteiger partial charge in [0.1, 0.15) is 6.54 Å². The zero-order valence-corrected chi connectivity index (χ0v) is 12.8. The minimum absolute atomic E-state index is 0.0232. The van der Waals surface area contributed by atoms with Crippen LogP contribution < -0.4 is 10.2 Å². The van der Waals surface area contributed by atoms with Crippen molar-refractivity contribution < 1.29 is 19.1 Å². The zero-order chi connectivity index (χ0) is 16.1. The summed E-state index contributed by atoms with van der Waals surface area (Å²) in [5.41, 5.74) is 0.989. The van der Waals surface area contributed by atoms with Crippen molar-refractivity contribution in [2.45, 2.75) is 32.7 Å². The van der Waals surface area contributed by atoms with Gasteiger partial charge in [0.25, 0.3) is 0 Å². The molecule has 1 aliphatic carbocycles. The van der Waals surface area contributed by atoms with Gasteiger partial charge < -0.3 is 15.0 Å². The highest BCUT2D eigenvalue weighted by Gasteiger charge is 2.25. The Balaban J connectivity index is 2.05. The summed E-state index contributed by atoms with van der Waals surface area (Å²) in [6.07, 6.45) is 2.00. The third-order valence-corrected chi connectivity index (χ3v) is 3.31. The maximum Gasteiger partial charge on any atom is 0.338 e. The van der Waals surface area contributed by atoms with E-state index < -0.39 is 5.97 Å². The fraction of sp³-hybridized carbons (Fsp3) is 0.438. The maximum absolute atomic E-state index is 11.9.